The predicted octanol–water partition coefficient (Wildman–Crippen LogP) is 6.79. The number of para-hydroxylation sites is 1. The lowest BCUT2D eigenvalue weighted by Gasteiger charge is -2.13. The minimum absolute atomic E-state index is 0.356. The molecular weight excluding hydrogens is 444 g/mol. The van der Waals surface area contributed by atoms with Gasteiger partial charge in [-0.25, -0.2) is 0 Å². The van der Waals surface area contributed by atoms with Crippen LogP contribution in [0.15, 0.2) is 78.9 Å². The molecule has 0 amide bonds. The molecule has 7 nitrogen and oxygen atoms in total. The molecule has 0 bridgehead atoms. The molecule has 5 aromatic rings. The fraction of sp³-hybridized carbons (Fsp3) is 0.179. The number of rotatable bonds is 9. The first-order chi connectivity index (χ1) is 17.2. The first-order valence-corrected chi connectivity index (χ1v) is 11.3. The van der Waals surface area contributed by atoms with Crippen LogP contribution in [0.25, 0.3) is 21.9 Å². The number of hydrogen-bond donors (Lipinski definition) is 0. The molecule has 0 aliphatic rings. The average Bonchev–Trinajstić information content (AvgIpc) is 3.21. The third-order valence-corrected chi connectivity index (χ3v) is 5.62. The molecule has 0 unspecified atom stereocenters. The molecule has 7 heteroatoms. The Morgan fingerprint density at radius 3 is 2.09 bits per heavy atom. The maximum Gasteiger partial charge on any atom is 0.224 e. The van der Waals surface area contributed by atoms with Crippen molar-refractivity contribution >= 4 is 21.9 Å². The van der Waals surface area contributed by atoms with Gasteiger partial charge >= 0.3 is 0 Å². The molecule has 2 aromatic heterocycles. The number of fused-ring (bicyclic) bond motifs is 3. The maximum atomic E-state index is 6.40. The highest BCUT2D eigenvalue weighted by Crippen LogP contribution is 2.40. The van der Waals surface area contributed by atoms with E-state index in [4.69, 9.17) is 28.7 Å². The van der Waals surface area contributed by atoms with Gasteiger partial charge in [-0.1, -0.05) is 30.3 Å². The molecule has 0 spiro atoms. The monoisotopic (exact) mass is 470 g/mol. The SMILES string of the molecule is CCOCn1c2ccccc2c2c(Oc3cccc(OC)c3)cc(Oc3cccc(OC)c3)nc21. The second-order valence-corrected chi connectivity index (χ2v) is 7.79. The number of nitrogens with zero attached hydrogens (tertiary/aromatic N) is 2. The molecule has 35 heavy (non-hydrogen) atoms. The van der Waals surface area contributed by atoms with E-state index in [2.05, 4.69) is 6.07 Å². The third kappa shape index (κ3) is 4.58. The molecule has 5 rings (SSSR count). The standard InChI is InChI=1S/C28H26N2O5/c1-4-33-18-30-24-14-6-5-13-23(24)27-25(34-21-11-7-9-19(15-21)31-2)17-26(29-28(27)30)35-22-12-8-10-20(16-22)32-3/h5-17H,4,18H2,1-3H3. The van der Waals surface area contributed by atoms with Gasteiger partial charge in [-0.15, -0.1) is 0 Å². The summed E-state index contributed by atoms with van der Waals surface area (Å²) in [7, 11) is 3.25. The van der Waals surface area contributed by atoms with E-state index in [1.807, 2.05) is 78.2 Å². The lowest BCUT2D eigenvalue weighted by Crippen LogP contribution is -2.03. The molecule has 0 aliphatic heterocycles. The third-order valence-electron chi connectivity index (χ3n) is 5.62. The van der Waals surface area contributed by atoms with Crippen molar-refractivity contribution in [2.24, 2.45) is 0 Å². The first-order valence-electron chi connectivity index (χ1n) is 11.3. The highest BCUT2D eigenvalue weighted by molar-refractivity contribution is 6.10. The van der Waals surface area contributed by atoms with Crippen LogP contribution in [-0.2, 0) is 11.5 Å². The van der Waals surface area contributed by atoms with Gasteiger partial charge in [0.15, 0.2) is 5.65 Å². The van der Waals surface area contributed by atoms with Crippen LogP contribution >= 0.6 is 0 Å². The van der Waals surface area contributed by atoms with Crippen LogP contribution in [0.1, 0.15) is 6.92 Å². The van der Waals surface area contributed by atoms with Gasteiger partial charge in [-0.3, -0.25) is 0 Å². The van der Waals surface area contributed by atoms with Crippen molar-refractivity contribution in [2.75, 3.05) is 20.8 Å². The number of pyridine rings is 1. The van der Waals surface area contributed by atoms with Crippen molar-refractivity contribution < 1.29 is 23.7 Å². The van der Waals surface area contributed by atoms with E-state index in [-0.39, 0.29) is 0 Å². The summed E-state index contributed by atoms with van der Waals surface area (Å²) in [5, 5.41) is 1.89. The lowest BCUT2D eigenvalue weighted by atomic mass is 10.2. The summed E-state index contributed by atoms with van der Waals surface area (Å²) in [6.45, 7) is 2.91. The van der Waals surface area contributed by atoms with Crippen molar-refractivity contribution in [2.45, 2.75) is 13.7 Å². The summed E-state index contributed by atoms with van der Waals surface area (Å²) < 4.78 is 31.1. The van der Waals surface area contributed by atoms with Crippen molar-refractivity contribution in [3.05, 3.63) is 78.9 Å². The molecule has 0 fully saturated rings. The zero-order valence-electron chi connectivity index (χ0n) is 19.9. The zero-order chi connectivity index (χ0) is 24.2. The van der Waals surface area contributed by atoms with Crippen LogP contribution < -0.4 is 18.9 Å². The van der Waals surface area contributed by atoms with E-state index >= 15 is 0 Å². The van der Waals surface area contributed by atoms with Crippen LogP contribution in [0.4, 0.5) is 0 Å². The molecular formula is C28H26N2O5. The van der Waals surface area contributed by atoms with Gasteiger partial charge in [0.2, 0.25) is 5.88 Å². The van der Waals surface area contributed by atoms with Crippen LogP contribution in [0.3, 0.4) is 0 Å². The molecule has 0 atom stereocenters. The van der Waals surface area contributed by atoms with Crippen molar-refractivity contribution in [3.8, 4) is 34.6 Å². The Hall–Kier alpha value is -4.23. The summed E-state index contributed by atoms with van der Waals surface area (Å²) >= 11 is 0. The quantitative estimate of drug-likeness (QED) is 0.236. The molecule has 3 aromatic carbocycles. The Kier molecular flexibility index (Phi) is 6.41. The molecule has 0 aliphatic carbocycles. The second kappa shape index (κ2) is 9.95. The molecule has 0 N–H and O–H groups in total. The lowest BCUT2D eigenvalue weighted by molar-refractivity contribution is 0.0932. The van der Waals surface area contributed by atoms with Gasteiger partial charge in [0, 0.05) is 30.2 Å². The number of hydrogen-bond acceptors (Lipinski definition) is 6. The molecule has 0 saturated heterocycles. The van der Waals surface area contributed by atoms with E-state index < -0.39 is 0 Å². The van der Waals surface area contributed by atoms with E-state index in [1.165, 1.54) is 0 Å². The number of methoxy groups -OCH3 is 2. The fourth-order valence-electron chi connectivity index (χ4n) is 3.99. The maximum absolute atomic E-state index is 6.40. The molecule has 178 valence electrons. The van der Waals surface area contributed by atoms with Gasteiger partial charge in [-0.2, -0.15) is 4.98 Å². The molecule has 0 saturated carbocycles. The topological polar surface area (TPSA) is 64.0 Å². The minimum atomic E-state index is 0.356. The predicted molar refractivity (Wildman–Crippen MR) is 135 cm³/mol. The van der Waals surface area contributed by atoms with Gasteiger partial charge in [0.25, 0.3) is 0 Å². The highest BCUT2D eigenvalue weighted by Gasteiger charge is 2.19. The van der Waals surface area contributed by atoms with Crippen molar-refractivity contribution in [1.82, 2.24) is 9.55 Å². The molecule has 0 radical (unpaired) electrons. The molecule has 2 heterocycles. The van der Waals surface area contributed by atoms with E-state index in [1.54, 1.807) is 20.3 Å². The summed E-state index contributed by atoms with van der Waals surface area (Å²) in [6, 6.07) is 24.8. The van der Waals surface area contributed by atoms with Crippen LogP contribution in [0.2, 0.25) is 0 Å². The Balaban J connectivity index is 1.69. The van der Waals surface area contributed by atoms with Gasteiger partial charge in [0.1, 0.15) is 35.5 Å². The average molecular weight is 471 g/mol. The summed E-state index contributed by atoms with van der Waals surface area (Å²) in [6.07, 6.45) is 0. The van der Waals surface area contributed by atoms with Crippen LogP contribution in [0.5, 0.6) is 34.6 Å². The fourth-order valence-corrected chi connectivity index (χ4v) is 3.99. The van der Waals surface area contributed by atoms with Gasteiger partial charge in [-0.05, 0) is 37.3 Å². The Labute approximate surface area is 203 Å². The summed E-state index contributed by atoms with van der Waals surface area (Å²) in [4.78, 5) is 4.87. The Bertz CT molecular complexity index is 1480. The minimum Gasteiger partial charge on any atom is -0.497 e. The normalized spacial score (nSPS) is 11.1. The summed E-state index contributed by atoms with van der Waals surface area (Å²) in [5.74, 6) is 3.67. The van der Waals surface area contributed by atoms with Crippen LogP contribution in [0, 0.1) is 0 Å². The van der Waals surface area contributed by atoms with Crippen LogP contribution in [-0.4, -0.2) is 30.4 Å². The number of ether oxygens (including phenoxy) is 5. The second-order valence-electron chi connectivity index (χ2n) is 7.79. The van der Waals surface area contributed by atoms with E-state index in [0.717, 1.165) is 16.3 Å². The Morgan fingerprint density at radius 1 is 0.743 bits per heavy atom. The van der Waals surface area contributed by atoms with Crippen molar-refractivity contribution in [1.29, 1.82) is 0 Å². The van der Waals surface area contributed by atoms with Crippen molar-refractivity contribution in [3.63, 3.8) is 0 Å². The Morgan fingerprint density at radius 2 is 1.40 bits per heavy atom. The number of benzene rings is 3. The van der Waals surface area contributed by atoms with E-state index in [0.29, 0.717) is 53.6 Å². The smallest absolute Gasteiger partial charge is 0.224 e. The highest BCUT2D eigenvalue weighted by atomic mass is 16.5. The van der Waals surface area contributed by atoms with Gasteiger partial charge in [0.05, 0.1) is 25.1 Å². The van der Waals surface area contributed by atoms with E-state index in [9.17, 15) is 0 Å². The zero-order valence-corrected chi connectivity index (χ0v) is 19.9. The first kappa shape index (κ1) is 22.6. The van der Waals surface area contributed by atoms with Gasteiger partial charge < -0.3 is 28.3 Å². The summed E-state index contributed by atoms with van der Waals surface area (Å²) in [5.41, 5.74) is 1.70. The largest absolute Gasteiger partial charge is 0.497 e. The number of aromatic nitrogens is 2.